The molecule has 0 aromatic heterocycles. The van der Waals surface area contributed by atoms with Gasteiger partial charge in [-0.2, -0.15) is 0 Å². The first-order chi connectivity index (χ1) is 10.8. The minimum atomic E-state index is -0.623. The molecule has 0 aliphatic heterocycles. The maximum atomic E-state index is 11.9. The second-order valence-corrected chi connectivity index (χ2v) is 6.21. The van der Waals surface area contributed by atoms with Crippen molar-refractivity contribution in [1.82, 2.24) is 5.32 Å². The monoisotopic (exact) mass is 323 g/mol. The van der Waals surface area contributed by atoms with Crippen molar-refractivity contribution in [2.75, 3.05) is 6.61 Å². The first-order valence-corrected chi connectivity index (χ1v) is 7.60. The number of hydrogen-bond donors (Lipinski definition) is 2. The van der Waals surface area contributed by atoms with E-state index in [0.717, 1.165) is 5.56 Å². The molecule has 128 valence electrons. The van der Waals surface area contributed by atoms with E-state index < -0.39 is 23.7 Å². The number of carbonyl (C=O) groups is 2. The SMILES string of the molecule is CC(C)(C)OC(=O)N[C@@H](CCO)CC(=O)OCc1ccccc1. The van der Waals surface area contributed by atoms with Crippen molar-refractivity contribution in [3.8, 4) is 0 Å². The first kappa shape index (κ1) is 19.0. The number of nitrogens with one attached hydrogen (secondary N) is 1. The normalized spacial score (nSPS) is 12.3. The molecule has 2 N–H and O–H groups in total. The Morgan fingerprint density at radius 1 is 1.22 bits per heavy atom. The molecule has 1 aromatic carbocycles. The van der Waals surface area contributed by atoms with Crippen LogP contribution < -0.4 is 5.32 Å². The third kappa shape index (κ3) is 8.83. The molecule has 0 bridgehead atoms. The number of carbonyl (C=O) groups excluding carboxylic acids is 2. The third-order valence-corrected chi connectivity index (χ3v) is 2.85. The molecule has 1 rings (SSSR count). The lowest BCUT2D eigenvalue weighted by Gasteiger charge is -2.23. The second-order valence-electron chi connectivity index (χ2n) is 6.21. The van der Waals surface area contributed by atoms with E-state index in [1.807, 2.05) is 30.3 Å². The van der Waals surface area contributed by atoms with E-state index >= 15 is 0 Å². The van der Waals surface area contributed by atoms with Gasteiger partial charge in [-0.05, 0) is 32.8 Å². The van der Waals surface area contributed by atoms with Gasteiger partial charge in [0.15, 0.2) is 0 Å². The van der Waals surface area contributed by atoms with Crippen LogP contribution in [0.5, 0.6) is 0 Å². The summed E-state index contributed by atoms with van der Waals surface area (Å²) in [6.45, 7) is 5.29. The Bertz CT molecular complexity index is 495. The standard InChI is InChI=1S/C17H25NO5/c1-17(2,3)23-16(21)18-14(9-10-19)11-15(20)22-12-13-7-5-4-6-8-13/h4-8,14,19H,9-12H2,1-3H3,(H,18,21)/t14-/m0/s1. The number of aliphatic hydroxyl groups is 1. The molecule has 0 unspecified atom stereocenters. The van der Waals surface area contributed by atoms with E-state index in [1.165, 1.54) is 0 Å². The van der Waals surface area contributed by atoms with E-state index in [4.69, 9.17) is 14.6 Å². The van der Waals surface area contributed by atoms with Gasteiger partial charge in [-0.15, -0.1) is 0 Å². The molecule has 6 heteroatoms. The fraction of sp³-hybridized carbons (Fsp3) is 0.529. The van der Waals surface area contributed by atoms with Crippen molar-refractivity contribution in [1.29, 1.82) is 0 Å². The van der Waals surface area contributed by atoms with Gasteiger partial charge in [0.05, 0.1) is 6.42 Å². The predicted octanol–water partition coefficient (Wildman–Crippen LogP) is 2.40. The van der Waals surface area contributed by atoms with E-state index in [0.29, 0.717) is 0 Å². The lowest BCUT2D eigenvalue weighted by Crippen LogP contribution is -2.40. The molecule has 1 aromatic rings. The Morgan fingerprint density at radius 2 is 1.87 bits per heavy atom. The number of esters is 1. The molecule has 1 atom stereocenters. The highest BCUT2D eigenvalue weighted by atomic mass is 16.6. The highest BCUT2D eigenvalue weighted by Gasteiger charge is 2.21. The van der Waals surface area contributed by atoms with Gasteiger partial charge >= 0.3 is 12.1 Å². The molecule has 0 fully saturated rings. The molecule has 0 radical (unpaired) electrons. The summed E-state index contributed by atoms with van der Waals surface area (Å²) in [6.07, 6.45) is -0.390. The second kappa shape index (κ2) is 9.15. The topological polar surface area (TPSA) is 84.9 Å². The van der Waals surface area contributed by atoms with Crippen molar-refractivity contribution < 1.29 is 24.2 Å². The van der Waals surface area contributed by atoms with Crippen LogP contribution in [0.2, 0.25) is 0 Å². The predicted molar refractivity (Wildman–Crippen MR) is 85.7 cm³/mol. The molecule has 0 saturated carbocycles. The van der Waals surface area contributed by atoms with Crippen LogP contribution in [-0.4, -0.2) is 35.4 Å². The van der Waals surface area contributed by atoms with E-state index in [9.17, 15) is 9.59 Å². The summed E-state index contributed by atoms with van der Waals surface area (Å²) >= 11 is 0. The van der Waals surface area contributed by atoms with Gasteiger partial charge in [-0.3, -0.25) is 4.79 Å². The summed E-state index contributed by atoms with van der Waals surface area (Å²) in [5.41, 5.74) is 0.265. The van der Waals surface area contributed by atoms with Gasteiger partial charge in [-0.25, -0.2) is 4.79 Å². The minimum Gasteiger partial charge on any atom is -0.461 e. The van der Waals surface area contributed by atoms with Crippen LogP contribution in [-0.2, 0) is 20.9 Å². The number of aliphatic hydroxyl groups excluding tert-OH is 1. The van der Waals surface area contributed by atoms with E-state index in [2.05, 4.69) is 5.32 Å². The fourth-order valence-electron chi connectivity index (χ4n) is 1.85. The number of ether oxygens (including phenoxy) is 2. The molecule has 0 saturated heterocycles. The van der Waals surface area contributed by atoms with Gasteiger partial charge in [-0.1, -0.05) is 30.3 Å². The number of hydrogen-bond acceptors (Lipinski definition) is 5. The molecule has 0 aliphatic carbocycles. The van der Waals surface area contributed by atoms with Crippen molar-refractivity contribution in [2.45, 2.75) is 51.9 Å². The summed E-state index contributed by atoms with van der Waals surface area (Å²) in [5.74, 6) is -0.441. The van der Waals surface area contributed by atoms with Crippen LogP contribution >= 0.6 is 0 Å². The Balaban J connectivity index is 2.44. The average Bonchev–Trinajstić information content (AvgIpc) is 2.44. The van der Waals surface area contributed by atoms with Gasteiger partial charge in [0.2, 0.25) is 0 Å². The molecule has 0 aliphatic rings. The first-order valence-electron chi connectivity index (χ1n) is 7.60. The van der Waals surface area contributed by atoms with Crippen LogP contribution in [0.1, 0.15) is 39.2 Å². The lowest BCUT2D eigenvalue weighted by molar-refractivity contribution is -0.145. The van der Waals surface area contributed by atoms with Gasteiger partial charge < -0.3 is 19.9 Å². The van der Waals surface area contributed by atoms with Crippen LogP contribution in [0.3, 0.4) is 0 Å². The molecule has 23 heavy (non-hydrogen) atoms. The van der Waals surface area contributed by atoms with Gasteiger partial charge in [0, 0.05) is 12.6 Å². The van der Waals surface area contributed by atoms with Crippen LogP contribution in [0.15, 0.2) is 30.3 Å². The Labute approximate surface area is 136 Å². The number of rotatable bonds is 7. The lowest BCUT2D eigenvalue weighted by atomic mass is 10.1. The Hall–Kier alpha value is -2.08. The maximum absolute atomic E-state index is 11.9. The average molecular weight is 323 g/mol. The van der Waals surface area contributed by atoms with Crippen molar-refractivity contribution in [2.24, 2.45) is 0 Å². The molecule has 6 nitrogen and oxygen atoms in total. The largest absolute Gasteiger partial charge is 0.461 e. The molecule has 0 heterocycles. The summed E-state index contributed by atoms with van der Waals surface area (Å²) in [7, 11) is 0. The quantitative estimate of drug-likeness (QED) is 0.753. The Morgan fingerprint density at radius 3 is 2.43 bits per heavy atom. The van der Waals surface area contributed by atoms with Gasteiger partial charge in [0.25, 0.3) is 0 Å². The van der Waals surface area contributed by atoms with E-state index in [1.54, 1.807) is 20.8 Å². The summed E-state index contributed by atoms with van der Waals surface area (Å²) < 4.78 is 10.3. The van der Waals surface area contributed by atoms with Crippen molar-refractivity contribution in [3.05, 3.63) is 35.9 Å². The maximum Gasteiger partial charge on any atom is 0.407 e. The number of amides is 1. The fourth-order valence-corrected chi connectivity index (χ4v) is 1.85. The van der Waals surface area contributed by atoms with Crippen molar-refractivity contribution >= 4 is 12.1 Å². The minimum absolute atomic E-state index is 0.0212. The molecular weight excluding hydrogens is 298 g/mol. The molecular formula is C17H25NO5. The van der Waals surface area contributed by atoms with E-state index in [-0.39, 0.29) is 26.1 Å². The third-order valence-electron chi connectivity index (χ3n) is 2.85. The highest BCUT2D eigenvalue weighted by Crippen LogP contribution is 2.09. The zero-order valence-corrected chi connectivity index (χ0v) is 13.9. The van der Waals surface area contributed by atoms with Crippen LogP contribution in [0, 0.1) is 0 Å². The Kier molecular flexibility index (Phi) is 7.54. The number of alkyl carbamates (subject to hydrolysis) is 1. The summed E-state index contributed by atoms with van der Waals surface area (Å²) in [4.78, 5) is 23.6. The van der Waals surface area contributed by atoms with Crippen molar-refractivity contribution in [3.63, 3.8) is 0 Å². The molecule has 0 spiro atoms. The summed E-state index contributed by atoms with van der Waals surface area (Å²) in [6, 6.07) is 8.80. The van der Waals surface area contributed by atoms with Gasteiger partial charge in [0.1, 0.15) is 12.2 Å². The highest BCUT2D eigenvalue weighted by molar-refractivity contribution is 5.72. The van der Waals surface area contributed by atoms with Crippen LogP contribution in [0.25, 0.3) is 0 Å². The molecule has 1 amide bonds. The zero-order chi connectivity index (χ0) is 17.3. The smallest absolute Gasteiger partial charge is 0.407 e. The zero-order valence-electron chi connectivity index (χ0n) is 13.9. The summed E-state index contributed by atoms with van der Waals surface area (Å²) in [5, 5.41) is 11.6. The van der Waals surface area contributed by atoms with Crippen LogP contribution in [0.4, 0.5) is 4.79 Å². The number of benzene rings is 1.